The maximum atomic E-state index is 12.0. The normalized spacial score (nSPS) is 16.4. The molecule has 4 nitrogen and oxygen atoms in total. The summed E-state index contributed by atoms with van der Waals surface area (Å²) in [4.78, 5) is 16.6. The number of nitrogens with one attached hydrogen (secondary N) is 1. The third-order valence-corrected chi connectivity index (χ3v) is 5.08. The number of likely N-dealkylation sites (N-methyl/N-ethyl adjacent to an activating group) is 1. The first kappa shape index (κ1) is 20.7. The van der Waals surface area contributed by atoms with Gasteiger partial charge in [0.2, 0.25) is 0 Å². The molecule has 1 amide bonds. The zero-order chi connectivity index (χ0) is 18.5. The lowest BCUT2D eigenvalue weighted by molar-refractivity contribution is -0.137. The van der Waals surface area contributed by atoms with Gasteiger partial charge in [0.25, 0.3) is 5.91 Å². The smallest absolute Gasteiger partial charge is 0.373 e. The van der Waals surface area contributed by atoms with Gasteiger partial charge in [-0.25, -0.2) is 4.98 Å². The van der Waals surface area contributed by atoms with Crippen LogP contribution in [0.3, 0.4) is 0 Å². The van der Waals surface area contributed by atoms with Crippen molar-refractivity contribution in [1.82, 2.24) is 9.88 Å². The molecule has 132 valence electrons. The van der Waals surface area contributed by atoms with E-state index in [1.54, 1.807) is 11.9 Å². The number of hydrogen-bond donors (Lipinski definition) is 1. The number of halogens is 5. The number of aromatic nitrogens is 1. The molecular weight excluding hydrogens is 455 g/mol. The molecule has 0 atom stereocenters. The Morgan fingerprint density at radius 1 is 1.33 bits per heavy atom. The largest absolute Gasteiger partial charge is 0.416 e. The van der Waals surface area contributed by atoms with Crippen LogP contribution in [0.1, 0.15) is 18.9 Å². The Morgan fingerprint density at radius 2 is 1.96 bits per heavy atom. The molecule has 0 bridgehead atoms. The first-order valence-corrected chi connectivity index (χ1v) is 8.46. The lowest BCUT2D eigenvalue weighted by atomic mass is 10.2. The summed E-state index contributed by atoms with van der Waals surface area (Å²) in [6, 6.07) is 1.89. The van der Waals surface area contributed by atoms with Gasteiger partial charge < -0.3 is 10.2 Å². The van der Waals surface area contributed by atoms with Crippen molar-refractivity contribution in [2.45, 2.75) is 19.5 Å². The average Bonchev–Trinajstić information content (AvgIpc) is 2.73. The Hall–Kier alpha value is -1.35. The van der Waals surface area contributed by atoms with Gasteiger partial charge >= 0.3 is 6.18 Å². The summed E-state index contributed by atoms with van der Waals surface area (Å²) in [6.07, 6.45) is -0.248. The van der Waals surface area contributed by atoms with Crippen LogP contribution in [-0.2, 0) is 11.0 Å². The highest BCUT2D eigenvalue weighted by molar-refractivity contribution is 9.14. The fourth-order valence-corrected chi connectivity index (χ4v) is 2.84. The lowest BCUT2D eigenvalue weighted by Crippen LogP contribution is -2.19. The number of allylic oxidation sites excluding steroid dienone is 2. The average molecular weight is 471 g/mol. The fraction of sp³-hybridized carbons (Fsp3) is 0.333. The molecule has 24 heavy (non-hydrogen) atoms. The van der Waals surface area contributed by atoms with Crippen LogP contribution in [0.5, 0.6) is 0 Å². The second-order valence-corrected chi connectivity index (χ2v) is 6.25. The van der Waals surface area contributed by atoms with Gasteiger partial charge in [0.15, 0.2) is 0 Å². The summed E-state index contributed by atoms with van der Waals surface area (Å²) < 4.78 is 37.6. The zero-order valence-electron chi connectivity index (χ0n) is 13.2. The number of amides is 1. The minimum atomic E-state index is -4.30. The summed E-state index contributed by atoms with van der Waals surface area (Å²) >= 11 is 6.57. The van der Waals surface area contributed by atoms with E-state index in [9.17, 15) is 18.0 Å². The molecule has 1 aromatic heterocycles. The third kappa shape index (κ3) is 5.07. The summed E-state index contributed by atoms with van der Waals surface area (Å²) in [5, 5.41) is 2.53. The van der Waals surface area contributed by atoms with E-state index in [4.69, 9.17) is 0 Å². The standard InChI is InChI=1S/C8H9Br2NO.C7H7F3N2/c1-3-4-5-6(9)7(10)8(12)11(5)2;1-11-6-4-5(2-3-12-6)7(8,9)10/h4H,3H2,1-2H3;2-4H,1H3,(H,11,12)/b5-4+;. The minimum Gasteiger partial charge on any atom is -0.373 e. The summed E-state index contributed by atoms with van der Waals surface area (Å²) in [6.45, 7) is 2.04. The molecule has 1 aliphatic rings. The van der Waals surface area contributed by atoms with Crippen molar-refractivity contribution >= 4 is 43.6 Å². The Balaban J connectivity index is 0.000000240. The van der Waals surface area contributed by atoms with Crippen LogP contribution < -0.4 is 5.32 Å². The molecule has 0 aliphatic carbocycles. The Labute approximate surface area is 155 Å². The van der Waals surface area contributed by atoms with Crippen molar-refractivity contribution in [1.29, 1.82) is 0 Å². The van der Waals surface area contributed by atoms with Gasteiger partial charge in [0.1, 0.15) is 5.82 Å². The highest BCUT2D eigenvalue weighted by atomic mass is 79.9. The van der Waals surface area contributed by atoms with Crippen molar-refractivity contribution in [2.75, 3.05) is 19.4 Å². The fourth-order valence-electron chi connectivity index (χ4n) is 1.77. The second kappa shape index (κ2) is 8.66. The summed E-state index contributed by atoms with van der Waals surface area (Å²) in [7, 11) is 3.28. The van der Waals surface area contributed by atoms with Crippen LogP contribution in [0, 0.1) is 0 Å². The van der Waals surface area contributed by atoms with E-state index in [-0.39, 0.29) is 11.7 Å². The number of nitrogens with zero attached hydrogens (tertiary/aromatic N) is 2. The molecule has 0 unspecified atom stereocenters. The highest BCUT2D eigenvalue weighted by Gasteiger charge is 2.30. The van der Waals surface area contributed by atoms with Crippen molar-refractivity contribution in [3.8, 4) is 0 Å². The molecular formula is C15H16Br2F3N3O. The molecule has 2 heterocycles. The van der Waals surface area contributed by atoms with Crippen LogP contribution in [0.4, 0.5) is 19.0 Å². The quantitative estimate of drug-likeness (QED) is 0.668. The number of pyridine rings is 1. The Kier molecular flexibility index (Phi) is 7.47. The van der Waals surface area contributed by atoms with Crippen LogP contribution >= 0.6 is 31.9 Å². The van der Waals surface area contributed by atoms with E-state index < -0.39 is 11.7 Å². The van der Waals surface area contributed by atoms with E-state index in [0.29, 0.717) is 4.48 Å². The van der Waals surface area contributed by atoms with Crippen LogP contribution in [0.15, 0.2) is 39.1 Å². The molecule has 1 N–H and O–H groups in total. The molecule has 0 saturated heterocycles. The molecule has 0 radical (unpaired) electrons. The second-order valence-electron chi connectivity index (χ2n) is 4.67. The van der Waals surface area contributed by atoms with Gasteiger partial charge in [-0.1, -0.05) is 13.0 Å². The monoisotopic (exact) mass is 469 g/mol. The topological polar surface area (TPSA) is 45.2 Å². The van der Waals surface area contributed by atoms with Gasteiger partial charge in [0.05, 0.1) is 20.2 Å². The zero-order valence-corrected chi connectivity index (χ0v) is 16.4. The van der Waals surface area contributed by atoms with E-state index in [1.807, 2.05) is 13.0 Å². The lowest BCUT2D eigenvalue weighted by Gasteiger charge is -2.10. The van der Waals surface area contributed by atoms with Crippen molar-refractivity contribution < 1.29 is 18.0 Å². The first-order chi connectivity index (χ1) is 11.1. The number of carbonyl (C=O) groups excluding carboxylic acids is 1. The van der Waals surface area contributed by atoms with E-state index in [0.717, 1.165) is 34.9 Å². The first-order valence-electron chi connectivity index (χ1n) is 6.88. The van der Waals surface area contributed by atoms with Crippen LogP contribution in [0.25, 0.3) is 0 Å². The van der Waals surface area contributed by atoms with E-state index in [1.165, 1.54) is 7.05 Å². The van der Waals surface area contributed by atoms with Crippen molar-refractivity contribution in [2.24, 2.45) is 0 Å². The molecule has 0 saturated carbocycles. The molecule has 1 aliphatic heterocycles. The maximum Gasteiger partial charge on any atom is 0.416 e. The summed E-state index contributed by atoms with van der Waals surface area (Å²) in [5.41, 5.74) is 0.247. The number of carbonyl (C=O) groups is 1. The van der Waals surface area contributed by atoms with Gasteiger partial charge in [-0.2, -0.15) is 13.2 Å². The van der Waals surface area contributed by atoms with E-state index >= 15 is 0 Å². The van der Waals surface area contributed by atoms with Gasteiger partial charge in [-0.05, 0) is 50.4 Å². The van der Waals surface area contributed by atoms with Gasteiger partial charge in [0, 0.05) is 20.3 Å². The van der Waals surface area contributed by atoms with Crippen LogP contribution in [0.2, 0.25) is 0 Å². The molecule has 2 rings (SSSR count). The Bertz CT molecular complexity index is 672. The van der Waals surface area contributed by atoms with Crippen LogP contribution in [-0.4, -0.2) is 29.9 Å². The van der Waals surface area contributed by atoms with E-state index in [2.05, 4.69) is 42.2 Å². The number of hydrogen-bond acceptors (Lipinski definition) is 3. The van der Waals surface area contributed by atoms with Gasteiger partial charge in [-0.15, -0.1) is 0 Å². The number of alkyl halides is 3. The SMILES string of the molecule is CC/C=C1\C(Br)=C(Br)C(=O)N1C.CNc1cc(C(F)(F)F)ccn1. The van der Waals surface area contributed by atoms with Crippen molar-refractivity contribution in [3.05, 3.63) is 44.6 Å². The van der Waals surface area contributed by atoms with Gasteiger partial charge in [-0.3, -0.25) is 4.79 Å². The number of rotatable bonds is 2. The summed E-state index contributed by atoms with van der Waals surface area (Å²) in [5.74, 6) is 0.214. The third-order valence-electron chi connectivity index (χ3n) is 3.01. The maximum absolute atomic E-state index is 12.0. The molecule has 0 aromatic carbocycles. The molecule has 9 heteroatoms. The molecule has 0 spiro atoms. The molecule has 1 aromatic rings. The number of anilines is 1. The highest BCUT2D eigenvalue weighted by Crippen LogP contribution is 2.35. The predicted octanol–water partition coefficient (Wildman–Crippen LogP) is 4.90. The Morgan fingerprint density at radius 3 is 2.38 bits per heavy atom. The minimum absolute atomic E-state index is 0.00146. The van der Waals surface area contributed by atoms with Crippen molar-refractivity contribution in [3.63, 3.8) is 0 Å². The molecule has 0 fully saturated rings. The predicted molar refractivity (Wildman–Crippen MR) is 94.8 cm³/mol.